The second-order valence-corrected chi connectivity index (χ2v) is 9.52. The van der Waals surface area contributed by atoms with Crippen LogP contribution in [0.4, 0.5) is 5.13 Å². The zero-order valence-electron chi connectivity index (χ0n) is 19.8. The Morgan fingerprint density at radius 1 is 1.06 bits per heavy atom. The Balaban J connectivity index is 1.41. The lowest BCUT2D eigenvalue weighted by atomic mass is 10.1. The number of nitrogens with one attached hydrogen (secondary N) is 1. The molecule has 0 unspecified atom stereocenters. The third kappa shape index (κ3) is 6.88. The van der Waals surface area contributed by atoms with E-state index in [0.29, 0.717) is 17.3 Å². The maximum atomic E-state index is 12.9. The zero-order valence-corrected chi connectivity index (χ0v) is 20.6. The highest BCUT2D eigenvalue weighted by atomic mass is 32.1. The Kier molecular flexibility index (Phi) is 9.07. The summed E-state index contributed by atoms with van der Waals surface area (Å²) in [5.41, 5.74) is 2.58. The third-order valence-corrected chi connectivity index (χ3v) is 6.77. The number of rotatable bonds is 11. The van der Waals surface area contributed by atoms with Crippen LogP contribution in [0.15, 0.2) is 54.6 Å². The number of benzene rings is 2. The molecule has 1 N–H and O–H groups in total. The van der Waals surface area contributed by atoms with Crippen molar-refractivity contribution >= 4 is 22.4 Å². The van der Waals surface area contributed by atoms with E-state index < -0.39 is 0 Å². The van der Waals surface area contributed by atoms with Crippen LogP contribution in [0.5, 0.6) is 5.75 Å². The molecule has 34 heavy (non-hydrogen) atoms. The van der Waals surface area contributed by atoms with Crippen molar-refractivity contribution in [2.75, 3.05) is 38.2 Å². The van der Waals surface area contributed by atoms with Gasteiger partial charge < -0.3 is 9.47 Å². The molecular weight excluding hydrogens is 446 g/mol. The number of unbranched alkanes of at least 4 members (excludes halogenated alkanes) is 3. The number of ether oxygens (including phenoxy) is 2. The van der Waals surface area contributed by atoms with E-state index in [4.69, 9.17) is 14.5 Å². The van der Waals surface area contributed by atoms with E-state index >= 15 is 0 Å². The number of aromatic nitrogens is 1. The fourth-order valence-electron chi connectivity index (χ4n) is 3.89. The van der Waals surface area contributed by atoms with Crippen molar-refractivity contribution in [2.45, 2.75) is 39.2 Å². The zero-order chi connectivity index (χ0) is 23.6. The number of carbonyl (C=O) groups excluding carboxylic acids is 1. The summed E-state index contributed by atoms with van der Waals surface area (Å²) in [6, 6.07) is 17.5. The minimum absolute atomic E-state index is 0.166. The normalized spacial score (nSPS) is 14.1. The van der Waals surface area contributed by atoms with E-state index in [1.165, 1.54) is 19.3 Å². The first-order valence-electron chi connectivity index (χ1n) is 12.1. The van der Waals surface area contributed by atoms with Crippen LogP contribution in [0.1, 0.15) is 47.8 Å². The molecule has 0 aliphatic carbocycles. The van der Waals surface area contributed by atoms with E-state index in [1.807, 2.05) is 30.3 Å². The van der Waals surface area contributed by atoms with Gasteiger partial charge in [0.25, 0.3) is 5.91 Å². The van der Waals surface area contributed by atoms with Crippen molar-refractivity contribution in [2.24, 2.45) is 0 Å². The quantitative estimate of drug-likeness (QED) is 0.349. The van der Waals surface area contributed by atoms with Gasteiger partial charge in [0.05, 0.1) is 25.5 Å². The molecule has 0 spiro atoms. The smallest absolute Gasteiger partial charge is 0.257 e. The van der Waals surface area contributed by atoms with Crippen LogP contribution in [-0.2, 0) is 11.3 Å². The molecule has 2 aromatic carbocycles. The average Bonchev–Trinajstić information content (AvgIpc) is 3.27. The number of hydrogen-bond donors (Lipinski definition) is 1. The molecule has 7 heteroatoms. The van der Waals surface area contributed by atoms with Crippen molar-refractivity contribution in [3.63, 3.8) is 0 Å². The van der Waals surface area contributed by atoms with Gasteiger partial charge in [-0.1, -0.05) is 67.9 Å². The van der Waals surface area contributed by atoms with E-state index in [1.54, 1.807) is 23.5 Å². The van der Waals surface area contributed by atoms with Crippen LogP contribution < -0.4 is 10.1 Å². The highest BCUT2D eigenvalue weighted by Gasteiger charge is 2.19. The summed E-state index contributed by atoms with van der Waals surface area (Å²) in [6.07, 6.45) is 4.68. The number of thiazole rings is 1. The molecule has 1 aromatic heterocycles. The monoisotopic (exact) mass is 479 g/mol. The van der Waals surface area contributed by atoms with E-state index in [2.05, 4.69) is 29.3 Å². The number of amides is 1. The van der Waals surface area contributed by atoms with Crippen molar-refractivity contribution in [1.82, 2.24) is 9.88 Å². The van der Waals surface area contributed by atoms with Crippen molar-refractivity contribution in [1.29, 1.82) is 0 Å². The lowest BCUT2D eigenvalue weighted by Gasteiger charge is -2.26. The van der Waals surface area contributed by atoms with Crippen LogP contribution >= 0.6 is 11.3 Å². The Morgan fingerprint density at radius 3 is 2.56 bits per heavy atom. The summed E-state index contributed by atoms with van der Waals surface area (Å²) in [6.45, 7) is 7.01. The molecule has 1 amide bonds. The fraction of sp³-hybridized carbons (Fsp3) is 0.407. The topological polar surface area (TPSA) is 63.7 Å². The molecule has 3 aromatic rings. The first kappa shape index (κ1) is 24.4. The Labute approximate surface area is 205 Å². The fourth-order valence-corrected chi connectivity index (χ4v) is 4.91. The van der Waals surface area contributed by atoms with Gasteiger partial charge in [-0.15, -0.1) is 0 Å². The maximum Gasteiger partial charge on any atom is 0.257 e. The van der Waals surface area contributed by atoms with Crippen molar-refractivity contribution in [3.8, 4) is 17.0 Å². The third-order valence-electron chi connectivity index (χ3n) is 5.82. The molecule has 1 fully saturated rings. The van der Waals surface area contributed by atoms with E-state index in [0.717, 1.165) is 61.2 Å². The predicted octanol–water partition coefficient (Wildman–Crippen LogP) is 5.85. The number of nitrogens with zero attached hydrogens (tertiary/aromatic N) is 2. The molecule has 180 valence electrons. The summed E-state index contributed by atoms with van der Waals surface area (Å²) >= 11 is 1.54. The molecule has 6 nitrogen and oxygen atoms in total. The standard InChI is InChI=1S/C27H33N3O3S/c1-2-3-4-8-17-33-23-13-11-22(12-14-23)26(31)29-27-28-25(21-9-6-5-7-10-21)24(34-27)20-30-15-18-32-19-16-30/h5-7,9-14H,2-4,8,15-20H2,1H3,(H,28,29,31). The predicted molar refractivity (Wildman–Crippen MR) is 138 cm³/mol. The number of anilines is 1. The van der Waals surface area contributed by atoms with Crippen molar-refractivity contribution < 1.29 is 14.3 Å². The second kappa shape index (κ2) is 12.6. The summed E-state index contributed by atoms with van der Waals surface area (Å²) in [5.74, 6) is 0.627. The maximum absolute atomic E-state index is 12.9. The molecule has 2 heterocycles. The Bertz CT molecular complexity index is 1030. The summed E-state index contributed by atoms with van der Waals surface area (Å²) in [7, 11) is 0. The van der Waals surface area contributed by atoms with Crippen LogP contribution in [0.25, 0.3) is 11.3 Å². The number of carbonyl (C=O) groups is 1. The van der Waals surface area contributed by atoms with Gasteiger partial charge in [-0.3, -0.25) is 15.0 Å². The minimum Gasteiger partial charge on any atom is -0.494 e. The summed E-state index contributed by atoms with van der Waals surface area (Å²) in [4.78, 5) is 21.2. The molecule has 1 aliphatic rings. The van der Waals surface area contributed by atoms with Gasteiger partial charge in [0, 0.05) is 35.6 Å². The Morgan fingerprint density at radius 2 is 1.82 bits per heavy atom. The molecule has 0 bridgehead atoms. The molecule has 0 atom stereocenters. The summed E-state index contributed by atoms with van der Waals surface area (Å²) in [5, 5.41) is 3.61. The lowest BCUT2D eigenvalue weighted by molar-refractivity contribution is 0.0347. The van der Waals surface area contributed by atoms with Crippen LogP contribution in [0.2, 0.25) is 0 Å². The summed E-state index contributed by atoms with van der Waals surface area (Å²) < 4.78 is 11.3. The molecule has 0 saturated carbocycles. The second-order valence-electron chi connectivity index (χ2n) is 8.43. The average molecular weight is 480 g/mol. The van der Waals surface area contributed by atoms with Gasteiger partial charge in [0.15, 0.2) is 5.13 Å². The largest absolute Gasteiger partial charge is 0.494 e. The van der Waals surface area contributed by atoms with Crippen LogP contribution in [0, 0.1) is 0 Å². The van der Waals surface area contributed by atoms with Gasteiger partial charge in [0.2, 0.25) is 0 Å². The van der Waals surface area contributed by atoms with Gasteiger partial charge in [-0.05, 0) is 30.7 Å². The molecule has 1 aliphatic heterocycles. The van der Waals surface area contributed by atoms with Gasteiger partial charge >= 0.3 is 0 Å². The van der Waals surface area contributed by atoms with Crippen molar-refractivity contribution in [3.05, 3.63) is 65.0 Å². The highest BCUT2D eigenvalue weighted by molar-refractivity contribution is 7.16. The minimum atomic E-state index is -0.166. The molecular formula is C27H33N3O3S. The van der Waals surface area contributed by atoms with Crippen LogP contribution in [-0.4, -0.2) is 48.7 Å². The van der Waals surface area contributed by atoms with Gasteiger partial charge in [-0.2, -0.15) is 0 Å². The lowest BCUT2D eigenvalue weighted by Crippen LogP contribution is -2.35. The number of hydrogen-bond acceptors (Lipinski definition) is 6. The highest BCUT2D eigenvalue weighted by Crippen LogP contribution is 2.32. The van der Waals surface area contributed by atoms with Crippen LogP contribution in [0.3, 0.4) is 0 Å². The molecule has 4 rings (SSSR count). The Hall–Kier alpha value is -2.74. The van der Waals surface area contributed by atoms with Gasteiger partial charge in [0.1, 0.15) is 5.75 Å². The van der Waals surface area contributed by atoms with E-state index in [-0.39, 0.29) is 5.91 Å². The SMILES string of the molecule is CCCCCCOc1ccc(C(=O)Nc2nc(-c3ccccc3)c(CN3CCOCC3)s2)cc1. The van der Waals surface area contributed by atoms with Gasteiger partial charge in [-0.25, -0.2) is 4.98 Å². The first-order valence-corrected chi connectivity index (χ1v) is 12.9. The number of morpholine rings is 1. The molecule has 1 saturated heterocycles. The molecule has 0 radical (unpaired) electrons. The first-order chi connectivity index (χ1) is 16.7. The van der Waals surface area contributed by atoms with E-state index in [9.17, 15) is 4.79 Å².